The van der Waals surface area contributed by atoms with Gasteiger partial charge in [0.2, 0.25) is 5.91 Å². The molecule has 1 amide bonds. The topological polar surface area (TPSA) is 72.5 Å². The van der Waals surface area contributed by atoms with Crippen LogP contribution in [0.15, 0.2) is 29.2 Å². The van der Waals surface area contributed by atoms with Crippen LogP contribution in [-0.2, 0) is 18.6 Å². The van der Waals surface area contributed by atoms with Crippen LogP contribution in [0.5, 0.6) is 0 Å². The van der Waals surface area contributed by atoms with Crippen LogP contribution in [0.1, 0.15) is 32.4 Å². The summed E-state index contributed by atoms with van der Waals surface area (Å²) in [6, 6.07) is 5.80. The molecule has 1 N–H and O–H groups in total. The molecule has 1 aromatic rings. The van der Waals surface area contributed by atoms with Gasteiger partial charge in [-0.2, -0.15) is 0 Å². The maximum atomic E-state index is 11.6. The predicted molar refractivity (Wildman–Crippen MR) is 77.1 cm³/mol. The lowest BCUT2D eigenvalue weighted by atomic mass is 10.1. The number of carbonyl (C=O) groups is 1. The lowest BCUT2D eigenvalue weighted by Crippen LogP contribution is -2.31. The zero-order valence-electron chi connectivity index (χ0n) is 11.6. The van der Waals surface area contributed by atoms with Gasteiger partial charge in [-0.15, -0.1) is 0 Å². The molecule has 112 valence electrons. The lowest BCUT2D eigenvalue weighted by molar-refractivity contribution is -0.127. The Morgan fingerprint density at radius 1 is 1.25 bits per heavy atom. The summed E-state index contributed by atoms with van der Waals surface area (Å²) in [4.78, 5) is 11.6. The van der Waals surface area contributed by atoms with E-state index in [1.165, 1.54) is 12.1 Å². The fourth-order valence-electron chi connectivity index (χ4n) is 1.53. The van der Waals surface area contributed by atoms with E-state index in [0.29, 0.717) is 0 Å². The van der Waals surface area contributed by atoms with Gasteiger partial charge in [-0.05, 0) is 38.5 Å². The molecule has 1 atom stereocenters. The standard InChI is InChI=1S/C13H18ClNO4S/c1-9(2)19-8-13(16)15-10(3)11-4-6-12(7-5-11)20(14,17)18/h4-7,9-10H,8H2,1-3H3,(H,15,16). The molecule has 0 saturated heterocycles. The average molecular weight is 320 g/mol. The van der Waals surface area contributed by atoms with Crippen molar-refractivity contribution >= 4 is 25.6 Å². The molecule has 5 nitrogen and oxygen atoms in total. The second-order valence-corrected chi connectivity index (χ2v) is 7.22. The van der Waals surface area contributed by atoms with Gasteiger partial charge in [0.15, 0.2) is 0 Å². The van der Waals surface area contributed by atoms with E-state index >= 15 is 0 Å². The fraction of sp³-hybridized carbons (Fsp3) is 0.462. The number of carbonyl (C=O) groups excluding carboxylic acids is 1. The maximum Gasteiger partial charge on any atom is 0.261 e. The number of rotatable bonds is 6. The van der Waals surface area contributed by atoms with Crippen molar-refractivity contribution in [2.75, 3.05) is 6.61 Å². The molecular formula is C13H18ClNO4S. The number of halogens is 1. The van der Waals surface area contributed by atoms with E-state index in [1.54, 1.807) is 19.1 Å². The minimum atomic E-state index is -3.72. The molecule has 0 heterocycles. The Kier molecular flexibility index (Phi) is 5.98. The summed E-state index contributed by atoms with van der Waals surface area (Å²) in [6.07, 6.45) is -0.00994. The minimum absolute atomic E-state index is 0.00382. The lowest BCUT2D eigenvalue weighted by Gasteiger charge is -2.15. The quantitative estimate of drug-likeness (QED) is 0.816. The summed E-state index contributed by atoms with van der Waals surface area (Å²) in [5.41, 5.74) is 0.784. The normalized spacial score (nSPS) is 13.2. The Balaban J connectivity index is 2.64. The van der Waals surface area contributed by atoms with Crippen molar-refractivity contribution in [3.8, 4) is 0 Å². The molecule has 0 saturated carbocycles. The first-order valence-electron chi connectivity index (χ1n) is 6.15. The van der Waals surface area contributed by atoms with Crippen molar-refractivity contribution in [1.82, 2.24) is 5.32 Å². The summed E-state index contributed by atoms with van der Waals surface area (Å²) in [6.45, 7) is 5.50. The summed E-state index contributed by atoms with van der Waals surface area (Å²) in [5, 5.41) is 2.76. The van der Waals surface area contributed by atoms with E-state index in [1.807, 2.05) is 13.8 Å². The largest absolute Gasteiger partial charge is 0.369 e. The number of nitrogens with one attached hydrogen (secondary N) is 1. The molecule has 0 bridgehead atoms. The first-order valence-corrected chi connectivity index (χ1v) is 8.46. The van der Waals surface area contributed by atoms with Crippen LogP contribution in [0.4, 0.5) is 0 Å². The summed E-state index contributed by atoms with van der Waals surface area (Å²) >= 11 is 0. The van der Waals surface area contributed by atoms with Crippen LogP contribution in [-0.4, -0.2) is 27.0 Å². The van der Waals surface area contributed by atoms with E-state index in [4.69, 9.17) is 15.4 Å². The van der Waals surface area contributed by atoms with Crippen LogP contribution < -0.4 is 5.32 Å². The van der Waals surface area contributed by atoms with Crippen molar-refractivity contribution in [3.63, 3.8) is 0 Å². The van der Waals surface area contributed by atoms with Gasteiger partial charge in [0, 0.05) is 10.7 Å². The highest BCUT2D eigenvalue weighted by Crippen LogP contribution is 2.18. The van der Waals surface area contributed by atoms with Gasteiger partial charge >= 0.3 is 0 Å². The molecule has 1 unspecified atom stereocenters. The molecule has 0 aliphatic rings. The Morgan fingerprint density at radius 2 is 1.80 bits per heavy atom. The Bertz CT molecular complexity index is 554. The molecule has 0 radical (unpaired) electrons. The van der Waals surface area contributed by atoms with E-state index in [0.717, 1.165) is 5.56 Å². The molecular weight excluding hydrogens is 302 g/mol. The summed E-state index contributed by atoms with van der Waals surface area (Å²) in [5.74, 6) is -0.222. The molecule has 7 heteroatoms. The Hall–Kier alpha value is -1.11. The third-order valence-corrected chi connectivity index (χ3v) is 3.96. The third-order valence-electron chi connectivity index (χ3n) is 2.59. The zero-order chi connectivity index (χ0) is 15.3. The van der Waals surface area contributed by atoms with Crippen LogP contribution in [0.25, 0.3) is 0 Å². The number of hydrogen-bond donors (Lipinski definition) is 1. The first kappa shape index (κ1) is 16.9. The molecule has 0 aromatic heterocycles. The van der Waals surface area contributed by atoms with Crippen molar-refractivity contribution in [2.45, 2.75) is 37.8 Å². The van der Waals surface area contributed by atoms with Gasteiger partial charge in [0.1, 0.15) is 6.61 Å². The first-order chi connectivity index (χ1) is 9.20. The van der Waals surface area contributed by atoms with Crippen molar-refractivity contribution < 1.29 is 17.9 Å². The molecule has 0 spiro atoms. The fourth-order valence-corrected chi connectivity index (χ4v) is 2.30. The van der Waals surface area contributed by atoms with Gasteiger partial charge in [0.25, 0.3) is 9.05 Å². The van der Waals surface area contributed by atoms with Gasteiger partial charge in [-0.1, -0.05) is 12.1 Å². The second-order valence-electron chi connectivity index (χ2n) is 4.66. The van der Waals surface area contributed by atoms with E-state index in [9.17, 15) is 13.2 Å². The van der Waals surface area contributed by atoms with Crippen LogP contribution in [0, 0.1) is 0 Å². The average Bonchev–Trinajstić information content (AvgIpc) is 2.35. The zero-order valence-corrected chi connectivity index (χ0v) is 13.2. The Labute approximate surface area is 123 Å². The van der Waals surface area contributed by atoms with Crippen molar-refractivity contribution in [1.29, 1.82) is 0 Å². The minimum Gasteiger partial charge on any atom is -0.369 e. The summed E-state index contributed by atoms with van der Waals surface area (Å²) < 4.78 is 27.4. The monoisotopic (exact) mass is 319 g/mol. The molecule has 0 aliphatic carbocycles. The van der Waals surface area contributed by atoms with Crippen LogP contribution >= 0.6 is 10.7 Å². The molecule has 0 aliphatic heterocycles. The predicted octanol–water partition coefficient (Wildman–Crippen LogP) is 2.22. The van der Waals surface area contributed by atoms with E-state index in [2.05, 4.69) is 5.32 Å². The molecule has 20 heavy (non-hydrogen) atoms. The summed E-state index contributed by atoms with van der Waals surface area (Å²) in [7, 11) is 1.51. The maximum absolute atomic E-state index is 11.6. The molecule has 1 rings (SSSR count). The van der Waals surface area contributed by atoms with Crippen molar-refractivity contribution in [2.24, 2.45) is 0 Å². The van der Waals surface area contributed by atoms with Gasteiger partial charge in [-0.25, -0.2) is 8.42 Å². The van der Waals surface area contributed by atoms with Gasteiger partial charge in [0.05, 0.1) is 17.0 Å². The van der Waals surface area contributed by atoms with Gasteiger partial charge < -0.3 is 10.1 Å². The number of amides is 1. The highest BCUT2D eigenvalue weighted by atomic mass is 35.7. The van der Waals surface area contributed by atoms with E-state index in [-0.39, 0.29) is 29.6 Å². The third kappa shape index (κ3) is 5.48. The van der Waals surface area contributed by atoms with Gasteiger partial charge in [-0.3, -0.25) is 4.79 Å². The number of ether oxygens (including phenoxy) is 1. The van der Waals surface area contributed by atoms with Crippen molar-refractivity contribution in [3.05, 3.63) is 29.8 Å². The van der Waals surface area contributed by atoms with Crippen LogP contribution in [0.3, 0.4) is 0 Å². The highest BCUT2D eigenvalue weighted by molar-refractivity contribution is 8.13. The number of hydrogen-bond acceptors (Lipinski definition) is 4. The van der Waals surface area contributed by atoms with E-state index < -0.39 is 9.05 Å². The van der Waals surface area contributed by atoms with Crippen LogP contribution in [0.2, 0.25) is 0 Å². The number of benzene rings is 1. The molecule has 1 aromatic carbocycles. The smallest absolute Gasteiger partial charge is 0.261 e. The SMILES string of the molecule is CC(C)OCC(=O)NC(C)c1ccc(S(=O)(=O)Cl)cc1. The molecule has 0 fully saturated rings. The highest BCUT2D eigenvalue weighted by Gasteiger charge is 2.13. The second kappa shape index (κ2) is 7.06. The Morgan fingerprint density at radius 3 is 2.25 bits per heavy atom.